The highest BCUT2D eigenvalue weighted by Crippen LogP contribution is 2.26. The van der Waals surface area contributed by atoms with Crippen molar-refractivity contribution in [1.82, 2.24) is 4.98 Å². The van der Waals surface area contributed by atoms with E-state index in [4.69, 9.17) is 4.74 Å². The average Bonchev–Trinajstić information content (AvgIpc) is 2.84. The van der Waals surface area contributed by atoms with E-state index in [1.54, 1.807) is 0 Å². The highest BCUT2D eigenvalue weighted by Gasteiger charge is 2.11. The molecule has 1 aromatic heterocycles. The van der Waals surface area contributed by atoms with Crippen LogP contribution in [-0.4, -0.2) is 11.6 Å². The van der Waals surface area contributed by atoms with E-state index < -0.39 is 0 Å². The minimum Gasteiger partial charge on any atom is -0.493 e. The predicted molar refractivity (Wildman–Crippen MR) is 71.9 cm³/mol. The Hall–Kier alpha value is -2.03. The van der Waals surface area contributed by atoms with Gasteiger partial charge in [0, 0.05) is 25.4 Å². The molecule has 0 aliphatic carbocycles. The van der Waals surface area contributed by atoms with Crippen LogP contribution in [0.1, 0.15) is 16.7 Å². The zero-order chi connectivity index (χ0) is 12.4. The number of pyridine rings is 1. The van der Waals surface area contributed by atoms with Gasteiger partial charge >= 0.3 is 0 Å². The lowest BCUT2D eigenvalue weighted by atomic mass is 10.1. The summed E-state index contributed by atoms with van der Waals surface area (Å²) in [7, 11) is 0. The van der Waals surface area contributed by atoms with E-state index in [9.17, 15) is 0 Å². The molecule has 0 fully saturated rings. The molecule has 3 nitrogen and oxygen atoms in total. The quantitative estimate of drug-likeness (QED) is 0.895. The predicted octanol–water partition coefficient (Wildman–Crippen LogP) is 2.94. The highest BCUT2D eigenvalue weighted by atomic mass is 16.5. The number of anilines is 1. The summed E-state index contributed by atoms with van der Waals surface area (Å²) in [4.78, 5) is 4.17. The third-order valence-corrected chi connectivity index (χ3v) is 3.13. The molecule has 1 aromatic carbocycles. The number of aryl methyl sites for hydroxylation is 1. The van der Waals surface area contributed by atoms with Crippen LogP contribution >= 0.6 is 0 Å². The fourth-order valence-corrected chi connectivity index (χ4v) is 2.21. The Morgan fingerprint density at radius 2 is 2.22 bits per heavy atom. The third kappa shape index (κ3) is 2.30. The first-order valence-electron chi connectivity index (χ1n) is 6.21. The van der Waals surface area contributed by atoms with Crippen molar-refractivity contribution in [2.75, 3.05) is 11.9 Å². The molecule has 0 amide bonds. The first-order chi connectivity index (χ1) is 8.81. The number of benzene rings is 1. The van der Waals surface area contributed by atoms with Crippen molar-refractivity contribution in [3.63, 3.8) is 0 Å². The van der Waals surface area contributed by atoms with E-state index in [-0.39, 0.29) is 0 Å². The Morgan fingerprint density at radius 3 is 3.11 bits per heavy atom. The van der Waals surface area contributed by atoms with E-state index in [1.807, 2.05) is 19.3 Å². The lowest BCUT2D eigenvalue weighted by Crippen LogP contribution is -2.00. The van der Waals surface area contributed by atoms with Gasteiger partial charge in [0.05, 0.1) is 12.3 Å². The van der Waals surface area contributed by atoms with E-state index in [0.29, 0.717) is 0 Å². The normalized spacial score (nSPS) is 12.9. The lowest BCUT2D eigenvalue weighted by Gasteiger charge is -2.08. The van der Waals surface area contributed by atoms with Gasteiger partial charge in [0.25, 0.3) is 0 Å². The van der Waals surface area contributed by atoms with Crippen LogP contribution in [0.2, 0.25) is 0 Å². The number of ether oxygens (including phenoxy) is 1. The van der Waals surface area contributed by atoms with Crippen molar-refractivity contribution in [1.29, 1.82) is 0 Å². The highest BCUT2D eigenvalue weighted by molar-refractivity contribution is 5.45. The van der Waals surface area contributed by atoms with Crippen LogP contribution < -0.4 is 10.1 Å². The topological polar surface area (TPSA) is 34.2 Å². The fourth-order valence-electron chi connectivity index (χ4n) is 2.21. The van der Waals surface area contributed by atoms with E-state index in [2.05, 4.69) is 34.6 Å². The van der Waals surface area contributed by atoms with E-state index in [1.165, 1.54) is 16.7 Å². The Balaban J connectivity index is 1.70. The molecule has 92 valence electrons. The molecule has 0 spiro atoms. The Kier molecular flexibility index (Phi) is 2.89. The van der Waals surface area contributed by atoms with E-state index in [0.717, 1.165) is 31.0 Å². The molecule has 3 rings (SSSR count). The number of nitrogens with zero attached hydrogens (tertiary/aromatic N) is 1. The maximum absolute atomic E-state index is 5.50. The first-order valence-corrected chi connectivity index (χ1v) is 6.21. The second-order valence-electron chi connectivity index (χ2n) is 4.65. The molecular formula is C15H16N2O. The van der Waals surface area contributed by atoms with Crippen molar-refractivity contribution >= 4 is 5.69 Å². The number of hydrogen-bond acceptors (Lipinski definition) is 3. The van der Waals surface area contributed by atoms with Gasteiger partial charge in [-0.05, 0) is 35.7 Å². The maximum atomic E-state index is 5.50. The number of rotatable bonds is 3. The van der Waals surface area contributed by atoms with Gasteiger partial charge in [0.2, 0.25) is 0 Å². The van der Waals surface area contributed by atoms with E-state index >= 15 is 0 Å². The molecule has 1 N–H and O–H groups in total. The standard InChI is InChI=1S/C15H16N2O/c1-11-6-14(10-16-8-11)17-9-12-2-3-15-13(7-12)4-5-18-15/h2-3,6-8,10,17H,4-5,9H2,1H3. The first kappa shape index (κ1) is 11.1. The number of fused-ring (bicyclic) bond motifs is 1. The number of hydrogen-bond donors (Lipinski definition) is 1. The zero-order valence-corrected chi connectivity index (χ0v) is 10.4. The van der Waals surface area contributed by atoms with Crippen LogP contribution in [0.3, 0.4) is 0 Å². The average molecular weight is 240 g/mol. The summed E-state index contributed by atoms with van der Waals surface area (Å²) in [6.07, 6.45) is 4.73. The van der Waals surface area contributed by atoms with Gasteiger partial charge in [-0.15, -0.1) is 0 Å². The molecule has 0 saturated carbocycles. The Bertz CT molecular complexity index is 566. The van der Waals surface area contributed by atoms with Crippen molar-refractivity contribution in [2.45, 2.75) is 19.9 Å². The van der Waals surface area contributed by atoms with Crippen molar-refractivity contribution in [3.05, 3.63) is 53.3 Å². The molecule has 0 saturated heterocycles. The van der Waals surface area contributed by atoms with Crippen LogP contribution in [0, 0.1) is 6.92 Å². The summed E-state index contributed by atoms with van der Waals surface area (Å²) in [5.74, 6) is 1.04. The van der Waals surface area contributed by atoms with Gasteiger partial charge in [0.1, 0.15) is 5.75 Å². The monoisotopic (exact) mass is 240 g/mol. The maximum Gasteiger partial charge on any atom is 0.122 e. The summed E-state index contributed by atoms with van der Waals surface area (Å²) < 4.78 is 5.50. The Morgan fingerprint density at radius 1 is 1.28 bits per heavy atom. The van der Waals surface area contributed by atoms with Crippen LogP contribution in [0.4, 0.5) is 5.69 Å². The minimum atomic E-state index is 0.814. The van der Waals surface area contributed by atoms with Gasteiger partial charge in [0.15, 0.2) is 0 Å². The molecule has 1 aliphatic heterocycles. The number of nitrogens with one attached hydrogen (secondary N) is 1. The summed E-state index contributed by atoms with van der Waals surface area (Å²) in [5.41, 5.74) is 4.83. The van der Waals surface area contributed by atoms with Gasteiger partial charge in [-0.1, -0.05) is 12.1 Å². The van der Waals surface area contributed by atoms with Gasteiger partial charge in [-0.25, -0.2) is 0 Å². The van der Waals surface area contributed by atoms with Crippen molar-refractivity contribution in [3.8, 4) is 5.75 Å². The molecule has 0 bridgehead atoms. The van der Waals surface area contributed by atoms with Gasteiger partial charge in [-0.2, -0.15) is 0 Å². The lowest BCUT2D eigenvalue weighted by molar-refractivity contribution is 0.357. The third-order valence-electron chi connectivity index (χ3n) is 3.13. The van der Waals surface area contributed by atoms with Gasteiger partial charge in [-0.3, -0.25) is 4.98 Å². The van der Waals surface area contributed by atoms with Crippen LogP contribution in [0.5, 0.6) is 5.75 Å². The SMILES string of the molecule is Cc1cncc(NCc2ccc3c(c2)CCO3)c1. The molecule has 18 heavy (non-hydrogen) atoms. The summed E-state index contributed by atoms with van der Waals surface area (Å²) in [5, 5.41) is 3.39. The molecule has 0 atom stereocenters. The second-order valence-corrected chi connectivity index (χ2v) is 4.65. The smallest absolute Gasteiger partial charge is 0.122 e. The zero-order valence-electron chi connectivity index (χ0n) is 10.4. The van der Waals surface area contributed by atoms with Crippen molar-refractivity contribution in [2.24, 2.45) is 0 Å². The fraction of sp³-hybridized carbons (Fsp3) is 0.267. The summed E-state index contributed by atoms with van der Waals surface area (Å²) >= 11 is 0. The molecule has 3 heteroatoms. The molecule has 2 heterocycles. The second kappa shape index (κ2) is 4.69. The molecule has 0 radical (unpaired) electrons. The molecule has 0 unspecified atom stereocenters. The molecule has 2 aromatic rings. The van der Waals surface area contributed by atoms with Crippen LogP contribution in [0.15, 0.2) is 36.7 Å². The largest absolute Gasteiger partial charge is 0.493 e. The summed E-state index contributed by atoms with van der Waals surface area (Å²) in [6, 6.07) is 8.50. The molecular weight excluding hydrogens is 224 g/mol. The minimum absolute atomic E-state index is 0.814. The van der Waals surface area contributed by atoms with Crippen LogP contribution in [-0.2, 0) is 13.0 Å². The Labute approximate surface area is 107 Å². The molecule has 1 aliphatic rings. The van der Waals surface area contributed by atoms with Crippen molar-refractivity contribution < 1.29 is 4.74 Å². The van der Waals surface area contributed by atoms with Gasteiger partial charge < -0.3 is 10.1 Å². The summed E-state index contributed by atoms with van der Waals surface area (Å²) in [6.45, 7) is 3.68. The number of aromatic nitrogens is 1. The van der Waals surface area contributed by atoms with Crippen LogP contribution in [0.25, 0.3) is 0 Å².